The summed E-state index contributed by atoms with van der Waals surface area (Å²) in [5, 5.41) is 3.50. The minimum Gasteiger partial charge on any atom is -0.385 e. The highest BCUT2D eigenvalue weighted by Crippen LogP contribution is 2.22. The van der Waals surface area contributed by atoms with Crippen LogP contribution >= 0.6 is 0 Å². The first-order valence-corrected chi connectivity index (χ1v) is 6.78. The van der Waals surface area contributed by atoms with Crippen LogP contribution in [-0.2, 0) is 14.2 Å². The van der Waals surface area contributed by atoms with E-state index in [1.807, 2.05) is 0 Å². The Kier molecular flexibility index (Phi) is 8.61. The van der Waals surface area contributed by atoms with Crippen LogP contribution in [0.5, 0.6) is 0 Å². The van der Waals surface area contributed by atoms with Gasteiger partial charge in [0.2, 0.25) is 0 Å². The molecule has 0 heterocycles. The molecule has 0 bridgehead atoms. The summed E-state index contributed by atoms with van der Waals surface area (Å²) < 4.78 is 16.1. The predicted octanol–water partition coefficient (Wildman–Crippen LogP) is 1.59. The number of nitrogens with one attached hydrogen (secondary N) is 1. The van der Waals surface area contributed by atoms with Gasteiger partial charge in [-0.2, -0.15) is 0 Å². The SMILES string of the molecule is CCCNC1CC(OCCOCCCOC)C1. The van der Waals surface area contributed by atoms with Gasteiger partial charge in [-0.25, -0.2) is 0 Å². The molecule has 4 nitrogen and oxygen atoms in total. The van der Waals surface area contributed by atoms with Crippen molar-refractivity contribution in [3.8, 4) is 0 Å². The van der Waals surface area contributed by atoms with E-state index >= 15 is 0 Å². The van der Waals surface area contributed by atoms with Gasteiger partial charge in [0.25, 0.3) is 0 Å². The first-order chi connectivity index (χ1) is 8.36. The molecule has 102 valence electrons. The highest BCUT2D eigenvalue weighted by Gasteiger charge is 2.28. The van der Waals surface area contributed by atoms with E-state index in [1.165, 1.54) is 6.42 Å². The highest BCUT2D eigenvalue weighted by atomic mass is 16.5. The number of methoxy groups -OCH3 is 1. The molecule has 0 atom stereocenters. The third-order valence-corrected chi connectivity index (χ3v) is 3.00. The van der Waals surface area contributed by atoms with Gasteiger partial charge < -0.3 is 19.5 Å². The summed E-state index contributed by atoms with van der Waals surface area (Å²) in [4.78, 5) is 0. The summed E-state index contributed by atoms with van der Waals surface area (Å²) in [6, 6.07) is 0.683. The topological polar surface area (TPSA) is 39.7 Å². The zero-order chi connectivity index (χ0) is 12.3. The molecule has 0 radical (unpaired) electrons. The molecular formula is C13H27NO3. The second-order valence-corrected chi connectivity index (χ2v) is 4.57. The summed E-state index contributed by atoms with van der Waals surface area (Å²) in [6.45, 7) is 6.28. The zero-order valence-electron chi connectivity index (χ0n) is 11.2. The Bertz CT molecular complexity index is 172. The quantitative estimate of drug-likeness (QED) is 0.561. The third-order valence-electron chi connectivity index (χ3n) is 3.00. The van der Waals surface area contributed by atoms with Crippen LogP contribution in [0.3, 0.4) is 0 Å². The van der Waals surface area contributed by atoms with Crippen molar-refractivity contribution in [3.63, 3.8) is 0 Å². The zero-order valence-corrected chi connectivity index (χ0v) is 11.2. The minimum atomic E-state index is 0.451. The van der Waals surface area contributed by atoms with Crippen molar-refractivity contribution in [1.82, 2.24) is 5.32 Å². The molecule has 1 N–H and O–H groups in total. The van der Waals surface area contributed by atoms with Gasteiger partial charge in [-0.3, -0.25) is 0 Å². The van der Waals surface area contributed by atoms with Gasteiger partial charge in [0.1, 0.15) is 0 Å². The molecule has 0 aliphatic heterocycles. The lowest BCUT2D eigenvalue weighted by Gasteiger charge is -2.35. The van der Waals surface area contributed by atoms with E-state index in [0.29, 0.717) is 18.8 Å². The Morgan fingerprint density at radius 2 is 1.94 bits per heavy atom. The average Bonchev–Trinajstić information content (AvgIpc) is 2.29. The van der Waals surface area contributed by atoms with Crippen LogP contribution in [0.2, 0.25) is 0 Å². The summed E-state index contributed by atoms with van der Waals surface area (Å²) in [5.74, 6) is 0. The average molecular weight is 245 g/mol. The summed E-state index contributed by atoms with van der Waals surface area (Å²) in [6.07, 6.45) is 4.93. The predicted molar refractivity (Wildman–Crippen MR) is 68.4 cm³/mol. The van der Waals surface area contributed by atoms with Gasteiger partial charge in [-0.1, -0.05) is 6.92 Å². The molecule has 0 aromatic heterocycles. The third kappa shape index (κ3) is 6.99. The van der Waals surface area contributed by atoms with E-state index in [9.17, 15) is 0 Å². The largest absolute Gasteiger partial charge is 0.385 e. The van der Waals surface area contributed by atoms with Crippen LogP contribution in [0.25, 0.3) is 0 Å². The van der Waals surface area contributed by atoms with E-state index in [4.69, 9.17) is 14.2 Å². The number of ether oxygens (including phenoxy) is 3. The second-order valence-electron chi connectivity index (χ2n) is 4.57. The first kappa shape index (κ1) is 14.9. The van der Waals surface area contributed by atoms with Crippen molar-refractivity contribution >= 4 is 0 Å². The van der Waals surface area contributed by atoms with Crippen molar-refractivity contribution in [3.05, 3.63) is 0 Å². The lowest BCUT2D eigenvalue weighted by atomic mass is 9.89. The van der Waals surface area contributed by atoms with Gasteiger partial charge in [0.15, 0.2) is 0 Å². The fraction of sp³-hybridized carbons (Fsp3) is 1.00. The van der Waals surface area contributed by atoms with Crippen LogP contribution in [0.4, 0.5) is 0 Å². The highest BCUT2D eigenvalue weighted by molar-refractivity contribution is 4.85. The molecule has 0 unspecified atom stereocenters. The number of hydrogen-bond acceptors (Lipinski definition) is 4. The molecule has 1 aliphatic carbocycles. The van der Waals surface area contributed by atoms with E-state index in [2.05, 4.69) is 12.2 Å². The molecule has 1 aliphatic rings. The Morgan fingerprint density at radius 1 is 1.12 bits per heavy atom. The molecule has 0 saturated heterocycles. The Labute approximate surface area is 105 Å². The van der Waals surface area contributed by atoms with Gasteiger partial charge in [0, 0.05) is 26.4 Å². The smallest absolute Gasteiger partial charge is 0.0704 e. The van der Waals surface area contributed by atoms with Crippen LogP contribution in [0.1, 0.15) is 32.6 Å². The first-order valence-electron chi connectivity index (χ1n) is 6.78. The van der Waals surface area contributed by atoms with Crippen molar-refractivity contribution in [2.75, 3.05) is 40.1 Å². The van der Waals surface area contributed by atoms with Crippen LogP contribution in [-0.4, -0.2) is 52.2 Å². The summed E-state index contributed by atoms with van der Waals surface area (Å²) in [7, 11) is 1.71. The van der Waals surface area contributed by atoms with Crippen LogP contribution < -0.4 is 5.32 Å². The maximum Gasteiger partial charge on any atom is 0.0704 e. The maximum absolute atomic E-state index is 5.70. The van der Waals surface area contributed by atoms with Gasteiger partial charge >= 0.3 is 0 Å². The molecule has 4 heteroatoms. The van der Waals surface area contributed by atoms with Gasteiger partial charge in [0.05, 0.1) is 19.3 Å². The lowest BCUT2D eigenvalue weighted by molar-refractivity contribution is -0.0429. The molecule has 0 aromatic rings. The molecule has 1 saturated carbocycles. The Hall–Kier alpha value is -0.160. The standard InChI is InChI=1S/C13H27NO3/c1-3-5-14-12-10-13(11-12)17-9-8-16-7-4-6-15-2/h12-14H,3-11H2,1-2H3. The molecule has 1 rings (SSSR count). The lowest BCUT2D eigenvalue weighted by Crippen LogP contribution is -2.45. The minimum absolute atomic E-state index is 0.451. The van der Waals surface area contributed by atoms with Crippen molar-refractivity contribution in [2.24, 2.45) is 0 Å². The second kappa shape index (κ2) is 9.83. The number of rotatable bonds is 11. The molecular weight excluding hydrogens is 218 g/mol. The monoisotopic (exact) mass is 245 g/mol. The maximum atomic E-state index is 5.70. The van der Waals surface area contributed by atoms with Crippen LogP contribution in [0, 0.1) is 0 Å². The molecule has 0 aromatic carbocycles. The Morgan fingerprint density at radius 3 is 2.65 bits per heavy atom. The normalized spacial score (nSPS) is 23.6. The molecule has 0 amide bonds. The van der Waals surface area contributed by atoms with E-state index in [1.54, 1.807) is 7.11 Å². The van der Waals surface area contributed by atoms with Gasteiger partial charge in [-0.15, -0.1) is 0 Å². The van der Waals surface area contributed by atoms with E-state index in [0.717, 1.165) is 45.6 Å². The summed E-state index contributed by atoms with van der Waals surface area (Å²) >= 11 is 0. The fourth-order valence-electron chi connectivity index (χ4n) is 1.90. The molecule has 17 heavy (non-hydrogen) atoms. The van der Waals surface area contributed by atoms with Crippen LogP contribution in [0.15, 0.2) is 0 Å². The van der Waals surface area contributed by atoms with Crippen molar-refractivity contribution in [2.45, 2.75) is 44.8 Å². The van der Waals surface area contributed by atoms with Crippen molar-refractivity contribution in [1.29, 1.82) is 0 Å². The van der Waals surface area contributed by atoms with E-state index < -0.39 is 0 Å². The fourth-order valence-corrected chi connectivity index (χ4v) is 1.90. The Balaban J connectivity index is 1.77. The van der Waals surface area contributed by atoms with Gasteiger partial charge in [-0.05, 0) is 32.2 Å². The number of hydrogen-bond donors (Lipinski definition) is 1. The van der Waals surface area contributed by atoms with E-state index in [-0.39, 0.29) is 0 Å². The molecule has 0 spiro atoms. The summed E-state index contributed by atoms with van der Waals surface area (Å²) in [5.41, 5.74) is 0. The molecule has 1 fully saturated rings. The van der Waals surface area contributed by atoms with Crippen molar-refractivity contribution < 1.29 is 14.2 Å².